The molecule has 1 aliphatic heterocycles. The van der Waals surface area contributed by atoms with Gasteiger partial charge in [0.2, 0.25) is 10.0 Å². The van der Waals surface area contributed by atoms with Crippen LogP contribution in [0, 0.1) is 0 Å². The van der Waals surface area contributed by atoms with Crippen LogP contribution in [0.15, 0.2) is 50.8 Å². The molecule has 0 aliphatic carbocycles. The molecule has 1 amide bonds. The third-order valence-electron chi connectivity index (χ3n) is 5.13. The van der Waals surface area contributed by atoms with E-state index >= 15 is 0 Å². The number of carbonyl (C=O) groups excluding carboxylic acids is 1. The van der Waals surface area contributed by atoms with Crippen molar-refractivity contribution >= 4 is 38.6 Å². The summed E-state index contributed by atoms with van der Waals surface area (Å²) in [6.07, 6.45) is 1.12. The minimum absolute atomic E-state index is 0.117. The maximum absolute atomic E-state index is 13.0. The first-order chi connectivity index (χ1) is 15.5. The van der Waals surface area contributed by atoms with Gasteiger partial charge >= 0.3 is 0 Å². The quantitative estimate of drug-likeness (QED) is 0.517. The van der Waals surface area contributed by atoms with Gasteiger partial charge in [-0.2, -0.15) is 0 Å². The van der Waals surface area contributed by atoms with Crippen molar-refractivity contribution in [3.8, 4) is 11.5 Å². The van der Waals surface area contributed by atoms with Crippen LogP contribution in [0.5, 0.6) is 11.5 Å². The molecule has 3 heterocycles. The standard InChI is InChI=1S/C21H23N3O5S3/c1-28-19-11-15(4-5-18(19)29-12-17-13-30-14-22-17)21(25)24-8-6-16(7-9-24)23-32(26,27)20-3-2-10-31-20/h2-5,10-11,13-14,16,23H,6-9,12H2,1H3. The van der Waals surface area contributed by atoms with E-state index in [1.54, 1.807) is 46.1 Å². The van der Waals surface area contributed by atoms with E-state index in [9.17, 15) is 13.2 Å². The Morgan fingerprint density at radius 3 is 2.72 bits per heavy atom. The van der Waals surface area contributed by atoms with E-state index in [1.807, 2.05) is 5.38 Å². The molecular weight excluding hydrogens is 470 g/mol. The molecule has 11 heteroatoms. The van der Waals surface area contributed by atoms with E-state index in [0.717, 1.165) is 5.69 Å². The monoisotopic (exact) mass is 493 g/mol. The minimum Gasteiger partial charge on any atom is -0.493 e. The molecular formula is C21H23N3O5S3. The molecule has 0 unspecified atom stereocenters. The van der Waals surface area contributed by atoms with Crippen LogP contribution in [-0.2, 0) is 16.6 Å². The van der Waals surface area contributed by atoms with Crippen LogP contribution in [0.4, 0.5) is 0 Å². The molecule has 3 aromatic rings. The highest BCUT2D eigenvalue weighted by Gasteiger charge is 2.28. The Morgan fingerprint density at radius 1 is 1.25 bits per heavy atom. The number of rotatable bonds is 8. The molecule has 1 aliphatic rings. The number of carbonyl (C=O) groups is 1. The molecule has 2 aromatic heterocycles. The van der Waals surface area contributed by atoms with Crippen LogP contribution in [-0.4, -0.2) is 50.5 Å². The van der Waals surface area contributed by atoms with E-state index in [-0.39, 0.29) is 11.9 Å². The summed E-state index contributed by atoms with van der Waals surface area (Å²) in [7, 11) is -1.98. The van der Waals surface area contributed by atoms with Gasteiger partial charge in [0.1, 0.15) is 10.8 Å². The highest BCUT2D eigenvalue weighted by molar-refractivity contribution is 7.91. The van der Waals surface area contributed by atoms with Gasteiger partial charge in [0.25, 0.3) is 5.91 Å². The number of benzene rings is 1. The molecule has 1 aromatic carbocycles. The predicted octanol–water partition coefficient (Wildman–Crippen LogP) is 3.38. The van der Waals surface area contributed by atoms with Crippen molar-refractivity contribution in [1.29, 1.82) is 0 Å². The molecule has 0 atom stereocenters. The maximum atomic E-state index is 13.0. The number of aromatic nitrogens is 1. The number of methoxy groups -OCH3 is 1. The third kappa shape index (κ3) is 5.29. The summed E-state index contributed by atoms with van der Waals surface area (Å²) in [5.41, 5.74) is 3.07. The Bertz CT molecular complexity index is 1140. The molecule has 170 valence electrons. The molecule has 1 N–H and O–H groups in total. The Balaban J connectivity index is 1.35. The maximum Gasteiger partial charge on any atom is 0.253 e. The first-order valence-corrected chi connectivity index (χ1v) is 13.3. The van der Waals surface area contributed by atoms with Crippen LogP contribution in [0.25, 0.3) is 0 Å². The normalized spacial score (nSPS) is 15.0. The molecule has 8 nitrogen and oxygen atoms in total. The number of amides is 1. The zero-order valence-electron chi connectivity index (χ0n) is 17.4. The lowest BCUT2D eigenvalue weighted by Crippen LogP contribution is -2.46. The van der Waals surface area contributed by atoms with Gasteiger partial charge in [0.05, 0.1) is 18.3 Å². The number of nitrogens with one attached hydrogen (secondary N) is 1. The van der Waals surface area contributed by atoms with E-state index in [0.29, 0.717) is 53.8 Å². The van der Waals surface area contributed by atoms with Gasteiger partial charge in [0.15, 0.2) is 11.5 Å². The Hall–Kier alpha value is -2.47. The Morgan fingerprint density at radius 2 is 2.06 bits per heavy atom. The van der Waals surface area contributed by atoms with Crippen LogP contribution < -0.4 is 14.2 Å². The van der Waals surface area contributed by atoms with Crippen LogP contribution >= 0.6 is 22.7 Å². The summed E-state index contributed by atoms with van der Waals surface area (Å²) in [6, 6.07) is 8.22. The summed E-state index contributed by atoms with van der Waals surface area (Å²) >= 11 is 2.69. The molecule has 1 fully saturated rings. The van der Waals surface area contributed by atoms with E-state index in [4.69, 9.17) is 9.47 Å². The number of likely N-dealkylation sites (tertiary alicyclic amines) is 1. The van der Waals surface area contributed by atoms with Crippen molar-refractivity contribution < 1.29 is 22.7 Å². The van der Waals surface area contributed by atoms with Crippen LogP contribution in [0.2, 0.25) is 0 Å². The highest BCUT2D eigenvalue weighted by Crippen LogP contribution is 2.30. The van der Waals surface area contributed by atoms with E-state index in [1.165, 1.54) is 29.8 Å². The zero-order valence-corrected chi connectivity index (χ0v) is 19.8. The second-order valence-corrected chi connectivity index (χ2v) is 10.9. The van der Waals surface area contributed by atoms with Crippen molar-refractivity contribution in [2.24, 2.45) is 0 Å². The lowest BCUT2D eigenvalue weighted by Gasteiger charge is -2.32. The lowest BCUT2D eigenvalue weighted by molar-refractivity contribution is 0.0711. The third-order valence-corrected chi connectivity index (χ3v) is 8.69. The summed E-state index contributed by atoms with van der Waals surface area (Å²) < 4.78 is 39.1. The predicted molar refractivity (Wildman–Crippen MR) is 123 cm³/mol. The van der Waals surface area contributed by atoms with Gasteiger partial charge < -0.3 is 14.4 Å². The molecule has 1 saturated heterocycles. The molecule has 32 heavy (non-hydrogen) atoms. The van der Waals surface area contributed by atoms with Crippen molar-refractivity contribution in [3.05, 3.63) is 57.9 Å². The molecule has 0 radical (unpaired) electrons. The average molecular weight is 494 g/mol. The van der Waals surface area contributed by atoms with Gasteiger partial charge in [-0.1, -0.05) is 6.07 Å². The van der Waals surface area contributed by atoms with Crippen molar-refractivity contribution in [2.45, 2.75) is 29.7 Å². The number of nitrogens with zero attached hydrogens (tertiary/aromatic N) is 2. The Labute approximate surface area is 194 Å². The second-order valence-electron chi connectivity index (χ2n) is 7.25. The van der Waals surface area contributed by atoms with Gasteiger partial charge in [0, 0.05) is 30.1 Å². The van der Waals surface area contributed by atoms with Gasteiger partial charge in [-0.25, -0.2) is 18.1 Å². The number of hydrogen-bond donors (Lipinski definition) is 1. The second kappa shape index (κ2) is 9.99. The average Bonchev–Trinajstić information content (AvgIpc) is 3.52. The smallest absolute Gasteiger partial charge is 0.253 e. The van der Waals surface area contributed by atoms with E-state index in [2.05, 4.69) is 9.71 Å². The van der Waals surface area contributed by atoms with Crippen LogP contribution in [0.1, 0.15) is 28.9 Å². The number of hydrogen-bond acceptors (Lipinski definition) is 8. The molecule has 0 spiro atoms. The highest BCUT2D eigenvalue weighted by atomic mass is 32.2. The fourth-order valence-electron chi connectivity index (χ4n) is 3.46. The number of thiazole rings is 1. The summed E-state index contributed by atoms with van der Waals surface area (Å²) in [4.78, 5) is 18.9. The first kappa shape index (κ1) is 22.7. The zero-order chi connectivity index (χ0) is 22.6. The van der Waals surface area contributed by atoms with Crippen molar-refractivity contribution in [1.82, 2.24) is 14.6 Å². The van der Waals surface area contributed by atoms with Gasteiger partial charge in [-0.05, 0) is 42.5 Å². The number of sulfonamides is 1. The molecule has 0 bridgehead atoms. The topological polar surface area (TPSA) is 97.8 Å². The SMILES string of the molecule is COc1cc(C(=O)N2CCC(NS(=O)(=O)c3cccs3)CC2)ccc1OCc1cscn1. The van der Waals surface area contributed by atoms with Crippen molar-refractivity contribution in [3.63, 3.8) is 0 Å². The largest absolute Gasteiger partial charge is 0.493 e. The first-order valence-electron chi connectivity index (χ1n) is 9.99. The summed E-state index contributed by atoms with van der Waals surface area (Å²) in [5, 5.41) is 3.65. The Kier molecular flexibility index (Phi) is 7.09. The number of piperidine rings is 1. The fourth-order valence-corrected chi connectivity index (χ4v) is 6.31. The van der Waals surface area contributed by atoms with Crippen molar-refractivity contribution in [2.75, 3.05) is 20.2 Å². The summed E-state index contributed by atoms with van der Waals surface area (Å²) in [6.45, 7) is 1.27. The summed E-state index contributed by atoms with van der Waals surface area (Å²) in [5.74, 6) is 0.900. The lowest BCUT2D eigenvalue weighted by atomic mass is 10.0. The van der Waals surface area contributed by atoms with Gasteiger partial charge in [-0.3, -0.25) is 4.79 Å². The number of thiophene rings is 1. The molecule has 4 rings (SSSR count). The number of ether oxygens (including phenoxy) is 2. The van der Waals surface area contributed by atoms with Crippen LogP contribution in [0.3, 0.4) is 0 Å². The fraction of sp³-hybridized carbons (Fsp3) is 0.333. The minimum atomic E-state index is -3.51. The van der Waals surface area contributed by atoms with Gasteiger partial charge in [-0.15, -0.1) is 22.7 Å². The van der Waals surface area contributed by atoms with E-state index < -0.39 is 10.0 Å². The molecule has 0 saturated carbocycles.